The summed E-state index contributed by atoms with van der Waals surface area (Å²) in [5, 5.41) is 0. The summed E-state index contributed by atoms with van der Waals surface area (Å²) in [5.74, 6) is 1.72. The van der Waals surface area contributed by atoms with Crippen molar-refractivity contribution in [1.82, 2.24) is 0 Å². The molecule has 3 aromatic rings. The highest BCUT2D eigenvalue weighted by molar-refractivity contribution is 6.12. The van der Waals surface area contributed by atoms with Crippen molar-refractivity contribution in [2.45, 2.75) is 13.8 Å². The molecule has 3 aromatic carbocycles. The van der Waals surface area contributed by atoms with E-state index in [2.05, 4.69) is 49.8 Å². The van der Waals surface area contributed by atoms with E-state index < -0.39 is 0 Å². The quantitative estimate of drug-likeness (QED) is 0.397. The van der Waals surface area contributed by atoms with Crippen molar-refractivity contribution in [3.8, 4) is 11.1 Å². The molecular weight excluding hydrogens is 342 g/mol. The molecule has 0 bridgehead atoms. The second-order valence-corrected chi connectivity index (χ2v) is 6.96. The SMILES string of the molecule is C=NC(=NC(=NCC(C)C)c1ccccc1)c1ccc(-c2ccccc2)cc1. The van der Waals surface area contributed by atoms with Crippen LogP contribution in [0.25, 0.3) is 11.1 Å². The van der Waals surface area contributed by atoms with E-state index in [1.54, 1.807) is 0 Å². The predicted octanol–water partition coefficient (Wildman–Crippen LogP) is 5.90. The monoisotopic (exact) mass is 367 g/mol. The largest absolute Gasteiger partial charge is 0.266 e. The van der Waals surface area contributed by atoms with Gasteiger partial charge in [-0.1, -0.05) is 98.8 Å². The minimum Gasteiger partial charge on any atom is -0.266 e. The van der Waals surface area contributed by atoms with Gasteiger partial charge in [0.1, 0.15) is 0 Å². The van der Waals surface area contributed by atoms with E-state index in [1.807, 2.05) is 60.7 Å². The molecule has 3 heteroatoms. The minimum absolute atomic E-state index is 0.458. The standard InChI is InChI=1S/C25H25N3/c1-19(2)18-27-25(22-12-8-5-9-13-22)28-24(26-3)23-16-14-21(15-17-23)20-10-6-4-7-11-20/h4-17,19H,3,18H2,1-2H3. The van der Waals surface area contributed by atoms with E-state index in [0.717, 1.165) is 16.7 Å². The van der Waals surface area contributed by atoms with Crippen molar-refractivity contribution in [1.29, 1.82) is 0 Å². The molecule has 0 amide bonds. The van der Waals surface area contributed by atoms with Gasteiger partial charge < -0.3 is 0 Å². The van der Waals surface area contributed by atoms with Gasteiger partial charge in [0, 0.05) is 17.7 Å². The first-order valence-electron chi connectivity index (χ1n) is 9.48. The van der Waals surface area contributed by atoms with Crippen LogP contribution in [-0.2, 0) is 0 Å². The lowest BCUT2D eigenvalue weighted by Gasteiger charge is -2.07. The number of benzene rings is 3. The van der Waals surface area contributed by atoms with Crippen molar-refractivity contribution >= 4 is 18.4 Å². The highest BCUT2D eigenvalue weighted by Gasteiger charge is 2.07. The topological polar surface area (TPSA) is 37.1 Å². The second kappa shape index (κ2) is 9.56. The summed E-state index contributed by atoms with van der Waals surface area (Å²) in [7, 11) is 0. The molecule has 140 valence electrons. The Morgan fingerprint density at radius 1 is 0.714 bits per heavy atom. The molecule has 0 fully saturated rings. The summed E-state index contributed by atoms with van der Waals surface area (Å²) in [6.07, 6.45) is 0. The number of hydrogen-bond acceptors (Lipinski definition) is 1. The molecule has 0 aromatic heterocycles. The summed E-state index contributed by atoms with van der Waals surface area (Å²) in [6.45, 7) is 8.72. The summed E-state index contributed by atoms with van der Waals surface area (Å²) < 4.78 is 0. The molecule has 0 saturated heterocycles. The maximum atomic E-state index is 4.75. The Balaban J connectivity index is 1.94. The Hall–Kier alpha value is -3.33. The number of aliphatic imine (C=N–C) groups is 3. The van der Waals surface area contributed by atoms with E-state index in [4.69, 9.17) is 9.98 Å². The van der Waals surface area contributed by atoms with Gasteiger partial charge in [0.25, 0.3) is 0 Å². The van der Waals surface area contributed by atoms with E-state index >= 15 is 0 Å². The van der Waals surface area contributed by atoms with E-state index in [-0.39, 0.29) is 0 Å². The maximum absolute atomic E-state index is 4.75. The number of hydrogen-bond donors (Lipinski definition) is 0. The lowest BCUT2D eigenvalue weighted by atomic mass is 10.0. The smallest absolute Gasteiger partial charge is 0.161 e. The van der Waals surface area contributed by atoms with Crippen molar-refractivity contribution in [3.63, 3.8) is 0 Å². The molecule has 0 aliphatic carbocycles. The molecule has 3 rings (SSSR count). The molecule has 0 heterocycles. The Morgan fingerprint density at radius 2 is 1.25 bits per heavy atom. The van der Waals surface area contributed by atoms with Gasteiger partial charge in [-0.2, -0.15) is 0 Å². The normalized spacial score (nSPS) is 12.2. The first-order valence-corrected chi connectivity index (χ1v) is 9.48. The van der Waals surface area contributed by atoms with E-state index in [0.29, 0.717) is 24.1 Å². The van der Waals surface area contributed by atoms with Crippen LogP contribution in [0.3, 0.4) is 0 Å². The Labute approximate surface area is 167 Å². The van der Waals surface area contributed by atoms with Crippen LogP contribution >= 0.6 is 0 Å². The molecule has 0 saturated carbocycles. The maximum Gasteiger partial charge on any atom is 0.161 e. The molecule has 0 aliphatic rings. The third kappa shape index (κ3) is 5.10. The van der Waals surface area contributed by atoms with Crippen LogP contribution < -0.4 is 0 Å². The molecule has 0 unspecified atom stereocenters. The zero-order valence-electron chi connectivity index (χ0n) is 16.4. The second-order valence-electron chi connectivity index (χ2n) is 6.96. The molecule has 0 atom stereocenters. The Kier molecular flexibility index (Phi) is 6.64. The Morgan fingerprint density at radius 3 is 1.82 bits per heavy atom. The van der Waals surface area contributed by atoms with Crippen molar-refractivity contribution in [2.75, 3.05) is 6.54 Å². The molecule has 0 radical (unpaired) electrons. The van der Waals surface area contributed by atoms with Crippen molar-refractivity contribution in [2.24, 2.45) is 20.9 Å². The number of nitrogens with zero attached hydrogens (tertiary/aromatic N) is 3. The average Bonchev–Trinajstić information content (AvgIpc) is 2.75. The molecule has 0 spiro atoms. The third-order valence-electron chi connectivity index (χ3n) is 4.25. The molecule has 0 aliphatic heterocycles. The van der Waals surface area contributed by atoms with Gasteiger partial charge in [-0.15, -0.1) is 0 Å². The van der Waals surface area contributed by atoms with Crippen LogP contribution in [0, 0.1) is 5.92 Å². The molecule has 28 heavy (non-hydrogen) atoms. The van der Waals surface area contributed by atoms with Crippen molar-refractivity contribution in [3.05, 3.63) is 96.1 Å². The van der Waals surface area contributed by atoms with Crippen LogP contribution in [0.5, 0.6) is 0 Å². The van der Waals surface area contributed by atoms with Gasteiger partial charge in [-0.05, 0) is 23.8 Å². The molecule has 3 nitrogen and oxygen atoms in total. The summed E-state index contributed by atoms with van der Waals surface area (Å²) in [5.41, 5.74) is 4.24. The summed E-state index contributed by atoms with van der Waals surface area (Å²) in [4.78, 5) is 13.6. The average molecular weight is 367 g/mol. The highest BCUT2D eigenvalue weighted by Crippen LogP contribution is 2.20. The van der Waals surface area contributed by atoms with Gasteiger partial charge in [0.15, 0.2) is 11.7 Å². The fraction of sp³-hybridized carbons (Fsp3) is 0.160. The zero-order valence-corrected chi connectivity index (χ0v) is 16.4. The van der Waals surface area contributed by atoms with Crippen LogP contribution in [0.15, 0.2) is 99.9 Å². The van der Waals surface area contributed by atoms with Gasteiger partial charge in [-0.3, -0.25) is 4.99 Å². The van der Waals surface area contributed by atoms with Crippen molar-refractivity contribution < 1.29 is 0 Å². The summed E-state index contributed by atoms with van der Waals surface area (Å²) in [6, 6.07) is 28.5. The van der Waals surface area contributed by atoms with E-state index in [9.17, 15) is 0 Å². The highest BCUT2D eigenvalue weighted by atomic mass is 15.0. The first-order chi connectivity index (χ1) is 13.7. The number of amidine groups is 2. The lowest BCUT2D eigenvalue weighted by molar-refractivity contribution is 0.665. The summed E-state index contributed by atoms with van der Waals surface area (Å²) >= 11 is 0. The zero-order chi connectivity index (χ0) is 19.8. The van der Waals surface area contributed by atoms with Gasteiger partial charge in [-0.25, -0.2) is 9.98 Å². The van der Waals surface area contributed by atoms with Crippen LogP contribution in [0.2, 0.25) is 0 Å². The van der Waals surface area contributed by atoms with Gasteiger partial charge >= 0.3 is 0 Å². The van der Waals surface area contributed by atoms with Crippen LogP contribution in [0.4, 0.5) is 0 Å². The Bertz CT molecular complexity index is 954. The minimum atomic E-state index is 0.458. The van der Waals surface area contributed by atoms with Crippen LogP contribution in [-0.4, -0.2) is 24.9 Å². The fourth-order valence-corrected chi connectivity index (χ4v) is 2.78. The van der Waals surface area contributed by atoms with E-state index in [1.165, 1.54) is 5.56 Å². The third-order valence-corrected chi connectivity index (χ3v) is 4.25. The molecule has 0 N–H and O–H groups in total. The van der Waals surface area contributed by atoms with Crippen LogP contribution in [0.1, 0.15) is 25.0 Å². The fourth-order valence-electron chi connectivity index (χ4n) is 2.78. The molecular formula is C25H25N3. The number of rotatable bonds is 5. The first kappa shape index (κ1) is 19.4. The lowest BCUT2D eigenvalue weighted by Crippen LogP contribution is -2.07. The van der Waals surface area contributed by atoms with Gasteiger partial charge in [0.05, 0.1) is 0 Å². The van der Waals surface area contributed by atoms with Gasteiger partial charge in [0.2, 0.25) is 0 Å². The predicted molar refractivity (Wildman–Crippen MR) is 121 cm³/mol.